The summed E-state index contributed by atoms with van der Waals surface area (Å²) in [6, 6.07) is 0. The van der Waals surface area contributed by atoms with E-state index in [9.17, 15) is 40.2 Å². The molecule has 0 radical (unpaired) electrons. The quantitative estimate of drug-likeness (QED) is 0.311. The first-order chi connectivity index (χ1) is 9.83. The predicted molar refractivity (Wildman–Crippen MR) is 75.9 cm³/mol. The molecule has 0 aliphatic rings. The van der Waals surface area contributed by atoms with Gasteiger partial charge in [-0.2, -0.15) is 0 Å². The molecule has 0 rings (SSSR count). The van der Waals surface area contributed by atoms with Gasteiger partial charge in [-0.3, -0.25) is 9.59 Å². The standard InChI is InChI=1S/C14H26O8/c1-7(15)10(18)11(4,19)12(5,20)13(6,21)14(22,8(2)16)9(3)17/h8,10,16,18-22H,1-6H3/t8?,10?,11-,12-,13+,14+/m1/s1/i10D. The third-order valence-electron chi connectivity index (χ3n) is 4.57. The number of hydrogen-bond acceptors (Lipinski definition) is 8. The first kappa shape index (κ1) is 19.1. The number of aliphatic hydroxyl groups excluding tert-OH is 1. The minimum Gasteiger partial charge on any atom is -0.390 e. The number of carbonyl (C=O) groups excluding carboxylic acids is 2. The Hall–Kier alpha value is -0.900. The van der Waals surface area contributed by atoms with Crippen LogP contribution in [-0.4, -0.2) is 76.8 Å². The molecule has 6 atom stereocenters. The normalized spacial score (nSPS) is 27.9. The van der Waals surface area contributed by atoms with Crippen LogP contribution < -0.4 is 0 Å². The van der Waals surface area contributed by atoms with Crippen molar-refractivity contribution in [3.05, 3.63) is 0 Å². The maximum Gasteiger partial charge on any atom is 0.179 e. The SMILES string of the molecule is [2H]C(O)(C(C)=O)[C@@](C)(O)[C@@](C)(O)[C@](C)(O)[C@@](O)(C(C)=O)C(C)O. The molecule has 0 aromatic heterocycles. The second kappa shape index (κ2) is 5.95. The Morgan fingerprint density at radius 1 is 0.955 bits per heavy atom. The average molecular weight is 323 g/mol. The van der Waals surface area contributed by atoms with E-state index in [1.165, 1.54) is 0 Å². The molecule has 22 heavy (non-hydrogen) atoms. The second-order valence-corrected chi connectivity index (χ2v) is 6.12. The summed E-state index contributed by atoms with van der Waals surface area (Å²) >= 11 is 0. The molecule has 2 unspecified atom stereocenters. The van der Waals surface area contributed by atoms with Crippen molar-refractivity contribution in [2.45, 2.75) is 76.1 Å². The number of carbonyl (C=O) groups is 2. The summed E-state index contributed by atoms with van der Waals surface area (Å²) in [5.41, 5.74) is -11.9. The maximum absolute atomic E-state index is 11.8. The Labute approximate surface area is 130 Å². The number of aliphatic hydroxyl groups is 6. The fourth-order valence-electron chi connectivity index (χ4n) is 2.46. The minimum absolute atomic E-state index is 0.693. The van der Waals surface area contributed by atoms with Gasteiger partial charge in [-0.1, -0.05) is 0 Å². The largest absolute Gasteiger partial charge is 0.390 e. The van der Waals surface area contributed by atoms with Gasteiger partial charge in [0.2, 0.25) is 0 Å². The van der Waals surface area contributed by atoms with Gasteiger partial charge in [0, 0.05) is 0 Å². The summed E-state index contributed by atoms with van der Waals surface area (Å²) < 4.78 is 7.59. The first-order valence-electron chi connectivity index (χ1n) is 7.15. The maximum atomic E-state index is 11.8. The molecule has 0 aromatic rings. The van der Waals surface area contributed by atoms with E-state index in [1.54, 1.807) is 0 Å². The van der Waals surface area contributed by atoms with E-state index in [4.69, 9.17) is 1.37 Å². The lowest BCUT2D eigenvalue weighted by molar-refractivity contribution is -0.302. The van der Waals surface area contributed by atoms with Crippen LogP contribution in [0.2, 0.25) is 0 Å². The average Bonchev–Trinajstić information content (AvgIpc) is 2.35. The van der Waals surface area contributed by atoms with E-state index in [0.717, 1.165) is 34.6 Å². The Balaban J connectivity index is 6.48. The fourth-order valence-corrected chi connectivity index (χ4v) is 2.46. The lowest BCUT2D eigenvalue weighted by Gasteiger charge is -2.54. The molecule has 0 fully saturated rings. The number of hydrogen-bond donors (Lipinski definition) is 6. The highest BCUT2D eigenvalue weighted by Crippen LogP contribution is 2.43. The van der Waals surface area contributed by atoms with Gasteiger partial charge < -0.3 is 30.6 Å². The lowest BCUT2D eigenvalue weighted by atomic mass is 9.61. The van der Waals surface area contributed by atoms with Crippen LogP contribution in [0, 0.1) is 0 Å². The Morgan fingerprint density at radius 3 is 1.55 bits per heavy atom. The molecular weight excluding hydrogens is 296 g/mol. The highest BCUT2D eigenvalue weighted by atomic mass is 16.4. The van der Waals surface area contributed by atoms with E-state index in [-0.39, 0.29) is 0 Å². The summed E-state index contributed by atoms with van der Waals surface area (Å²) in [7, 11) is 0. The summed E-state index contributed by atoms with van der Waals surface area (Å²) in [5.74, 6) is -2.38. The second-order valence-electron chi connectivity index (χ2n) is 6.12. The lowest BCUT2D eigenvalue weighted by Crippen LogP contribution is -2.79. The van der Waals surface area contributed by atoms with E-state index in [0.29, 0.717) is 6.92 Å². The van der Waals surface area contributed by atoms with Crippen LogP contribution in [0.5, 0.6) is 0 Å². The molecule has 0 spiro atoms. The van der Waals surface area contributed by atoms with E-state index < -0.39 is 46.2 Å². The van der Waals surface area contributed by atoms with Crippen LogP contribution in [0.25, 0.3) is 0 Å². The van der Waals surface area contributed by atoms with Crippen LogP contribution in [0.3, 0.4) is 0 Å². The molecule has 0 heterocycles. The van der Waals surface area contributed by atoms with Crippen molar-refractivity contribution < 1.29 is 41.6 Å². The Morgan fingerprint density at radius 2 is 1.32 bits per heavy atom. The molecule has 6 N–H and O–H groups in total. The Kier molecular flexibility index (Phi) is 5.18. The molecule has 130 valence electrons. The molecule has 0 saturated heterocycles. The van der Waals surface area contributed by atoms with E-state index in [2.05, 4.69) is 0 Å². The predicted octanol–water partition coefficient (Wildman–Crippen LogP) is -2.11. The first-order valence-corrected chi connectivity index (χ1v) is 6.65. The molecule has 0 amide bonds. The van der Waals surface area contributed by atoms with Crippen LogP contribution in [0.1, 0.15) is 42.9 Å². The van der Waals surface area contributed by atoms with Crippen molar-refractivity contribution in [3.8, 4) is 0 Å². The van der Waals surface area contributed by atoms with Crippen molar-refractivity contribution in [3.63, 3.8) is 0 Å². The number of ketones is 2. The number of rotatable bonds is 7. The summed E-state index contributed by atoms with van der Waals surface area (Å²) in [4.78, 5) is 23.2. The summed E-state index contributed by atoms with van der Waals surface area (Å²) in [6.45, 7) is 4.75. The van der Waals surface area contributed by atoms with Gasteiger partial charge in [0.25, 0.3) is 0 Å². The van der Waals surface area contributed by atoms with Crippen LogP contribution in [0.15, 0.2) is 0 Å². The van der Waals surface area contributed by atoms with Gasteiger partial charge in [0.05, 0.1) is 7.47 Å². The van der Waals surface area contributed by atoms with Gasteiger partial charge in [-0.15, -0.1) is 0 Å². The van der Waals surface area contributed by atoms with Crippen molar-refractivity contribution in [2.24, 2.45) is 0 Å². The molecular formula is C14H26O8. The van der Waals surface area contributed by atoms with Gasteiger partial charge in [0.15, 0.2) is 17.2 Å². The van der Waals surface area contributed by atoms with Crippen molar-refractivity contribution in [1.82, 2.24) is 0 Å². The zero-order chi connectivity index (χ0) is 19.2. The smallest absolute Gasteiger partial charge is 0.179 e. The zero-order valence-electron chi connectivity index (χ0n) is 14.6. The van der Waals surface area contributed by atoms with Gasteiger partial charge in [-0.05, 0) is 41.5 Å². The van der Waals surface area contributed by atoms with Crippen LogP contribution in [-0.2, 0) is 9.59 Å². The van der Waals surface area contributed by atoms with E-state index in [1.807, 2.05) is 0 Å². The molecule has 8 nitrogen and oxygen atoms in total. The highest BCUT2D eigenvalue weighted by molar-refractivity contribution is 5.87. The zero-order valence-corrected chi connectivity index (χ0v) is 13.6. The minimum atomic E-state index is -3.27. The van der Waals surface area contributed by atoms with Crippen molar-refractivity contribution in [1.29, 1.82) is 0 Å². The summed E-state index contributed by atoms with van der Waals surface area (Å²) in [5, 5.41) is 61.8. The fraction of sp³-hybridized carbons (Fsp3) is 0.857. The molecule has 8 heteroatoms. The van der Waals surface area contributed by atoms with Gasteiger partial charge in [-0.25, -0.2) is 0 Å². The Bertz CT molecular complexity index is 495. The van der Waals surface area contributed by atoms with E-state index >= 15 is 0 Å². The third kappa shape index (κ3) is 2.70. The van der Waals surface area contributed by atoms with Gasteiger partial charge in [0.1, 0.15) is 22.9 Å². The summed E-state index contributed by atoms with van der Waals surface area (Å²) in [6.07, 6.45) is -5.15. The molecule has 0 bridgehead atoms. The topological polar surface area (TPSA) is 156 Å². The van der Waals surface area contributed by atoms with Gasteiger partial charge >= 0.3 is 0 Å². The highest BCUT2D eigenvalue weighted by Gasteiger charge is 2.68. The number of Topliss-reactive ketones (excluding diaryl/α,β-unsaturated/α-hetero) is 2. The molecule has 0 aliphatic carbocycles. The van der Waals surface area contributed by atoms with Crippen LogP contribution in [0.4, 0.5) is 0 Å². The monoisotopic (exact) mass is 323 g/mol. The molecule has 0 aliphatic heterocycles. The molecule has 0 aromatic carbocycles. The van der Waals surface area contributed by atoms with Crippen LogP contribution >= 0.6 is 0 Å². The third-order valence-corrected chi connectivity index (χ3v) is 4.57. The van der Waals surface area contributed by atoms with Crippen molar-refractivity contribution in [2.75, 3.05) is 0 Å². The van der Waals surface area contributed by atoms with Crippen molar-refractivity contribution >= 4 is 11.6 Å². The molecule has 0 saturated carbocycles.